The molecule has 2 amide bonds. The van der Waals surface area contributed by atoms with E-state index >= 15 is 0 Å². The Balaban J connectivity index is 2.36. The molecule has 116 valence electrons. The van der Waals surface area contributed by atoms with E-state index in [0.29, 0.717) is 22.3 Å². The van der Waals surface area contributed by atoms with Crippen molar-refractivity contribution >= 4 is 40.7 Å². The molecule has 0 aromatic heterocycles. The Hall–Kier alpha value is -1.30. The summed E-state index contributed by atoms with van der Waals surface area (Å²) in [6.07, 6.45) is 0.589. The maximum absolute atomic E-state index is 11.7. The molecule has 0 heterocycles. The summed E-state index contributed by atoms with van der Waals surface area (Å²) in [7, 11) is 3.92. The fourth-order valence-corrected chi connectivity index (χ4v) is 1.96. The van der Waals surface area contributed by atoms with Crippen LogP contribution < -0.4 is 10.6 Å². The Labute approximate surface area is 134 Å². The lowest BCUT2D eigenvalue weighted by molar-refractivity contribution is -0.126. The summed E-state index contributed by atoms with van der Waals surface area (Å²) in [5, 5.41) is 6.10. The number of anilines is 1. The first kappa shape index (κ1) is 17.8. The molecular formula is C14H19Cl2N3O2. The molecular weight excluding hydrogens is 313 g/mol. The van der Waals surface area contributed by atoms with E-state index in [1.807, 2.05) is 19.0 Å². The molecule has 0 atom stereocenters. The molecule has 1 aromatic rings. The molecule has 7 heteroatoms. The van der Waals surface area contributed by atoms with Gasteiger partial charge >= 0.3 is 0 Å². The van der Waals surface area contributed by atoms with Gasteiger partial charge in [-0.2, -0.15) is 0 Å². The van der Waals surface area contributed by atoms with Gasteiger partial charge in [0.25, 0.3) is 0 Å². The number of benzene rings is 1. The molecule has 0 bridgehead atoms. The van der Waals surface area contributed by atoms with Crippen LogP contribution >= 0.6 is 23.2 Å². The highest BCUT2D eigenvalue weighted by Gasteiger charge is 2.11. The van der Waals surface area contributed by atoms with Gasteiger partial charge in [0.05, 0.1) is 10.7 Å². The van der Waals surface area contributed by atoms with Gasteiger partial charge in [-0.05, 0) is 45.3 Å². The van der Waals surface area contributed by atoms with Crippen molar-refractivity contribution < 1.29 is 9.59 Å². The monoisotopic (exact) mass is 331 g/mol. The molecule has 0 spiro atoms. The number of nitrogens with zero attached hydrogens (tertiary/aromatic N) is 1. The quantitative estimate of drug-likeness (QED) is 0.595. The van der Waals surface area contributed by atoms with Crippen molar-refractivity contribution in [1.82, 2.24) is 10.2 Å². The predicted molar refractivity (Wildman–Crippen MR) is 85.9 cm³/mol. The van der Waals surface area contributed by atoms with Crippen molar-refractivity contribution in [3.8, 4) is 0 Å². The Morgan fingerprint density at radius 3 is 2.57 bits per heavy atom. The molecule has 0 aliphatic carbocycles. The van der Waals surface area contributed by atoms with Crippen molar-refractivity contribution in [2.45, 2.75) is 12.8 Å². The minimum atomic E-state index is -0.427. The number of carbonyl (C=O) groups excluding carboxylic acids is 2. The molecule has 0 unspecified atom stereocenters. The van der Waals surface area contributed by atoms with Crippen molar-refractivity contribution in [1.29, 1.82) is 0 Å². The van der Waals surface area contributed by atoms with Crippen LogP contribution in [0.15, 0.2) is 18.2 Å². The Morgan fingerprint density at radius 2 is 1.90 bits per heavy atom. The van der Waals surface area contributed by atoms with E-state index in [-0.39, 0.29) is 12.3 Å². The smallest absolute Gasteiger partial charge is 0.233 e. The van der Waals surface area contributed by atoms with Gasteiger partial charge in [0, 0.05) is 11.6 Å². The molecule has 5 nitrogen and oxygen atoms in total. The second-order valence-corrected chi connectivity index (χ2v) is 5.70. The normalized spacial score (nSPS) is 10.5. The zero-order chi connectivity index (χ0) is 15.8. The highest BCUT2D eigenvalue weighted by Crippen LogP contribution is 2.25. The second kappa shape index (κ2) is 8.87. The summed E-state index contributed by atoms with van der Waals surface area (Å²) < 4.78 is 0. The maximum Gasteiger partial charge on any atom is 0.233 e. The van der Waals surface area contributed by atoms with Crippen molar-refractivity contribution in [2.75, 3.05) is 32.5 Å². The number of rotatable bonds is 7. The number of halogens is 2. The van der Waals surface area contributed by atoms with E-state index in [1.54, 1.807) is 12.1 Å². The van der Waals surface area contributed by atoms with Crippen molar-refractivity contribution in [2.24, 2.45) is 0 Å². The highest BCUT2D eigenvalue weighted by molar-refractivity contribution is 6.35. The van der Waals surface area contributed by atoms with Crippen LogP contribution in [0.4, 0.5) is 5.69 Å². The minimum Gasteiger partial charge on any atom is -0.356 e. The molecule has 2 N–H and O–H groups in total. The van der Waals surface area contributed by atoms with Crippen LogP contribution in [-0.2, 0) is 9.59 Å². The lowest BCUT2D eigenvalue weighted by Crippen LogP contribution is -2.30. The van der Waals surface area contributed by atoms with Crippen LogP contribution in [0.1, 0.15) is 12.8 Å². The SMILES string of the molecule is CN(C)CCCNC(=O)CC(=O)Nc1cc(Cl)ccc1Cl. The molecule has 0 aliphatic rings. The number of nitrogens with one attached hydrogen (secondary N) is 2. The largest absolute Gasteiger partial charge is 0.356 e. The Bertz CT molecular complexity index is 507. The van der Waals surface area contributed by atoms with Gasteiger partial charge in [0.2, 0.25) is 11.8 Å². The number of hydrogen-bond acceptors (Lipinski definition) is 3. The minimum absolute atomic E-state index is 0.245. The van der Waals surface area contributed by atoms with E-state index in [9.17, 15) is 9.59 Å². The Kier molecular flexibility index (Phi) is 7.50. The Morgan fingerprint density at radius 1 is 1.19 bits per heavy atom. The fraction of sp³-hybridized carbons (Fsp3) is 0.429. The molecule has 0 fully saturated rings. The van der Waals surface area contributed by atoms with E-state index in [1.165, 1.54) is 6.07 Å². The topological polar surface area (TPSA) is 61.4 Å². The third-order valence-electron chi connectivity index (χ3n) is 2.63. The van der Waals surface area contributed by atoms with Crippen LogP contribution in [-0.4, -0.2) is 43.9 Å². The van der Waals surface area contributed by atoms with E-state index in [4.69, 9.17) is 23.2 Å². The van der Waals surface area contributed by atoms with Crippen LogP contribution in [0.25, 0.3) is 0 Å². The summed E-state index contributed by atoms with van der Waals surface area (Å²) in [5.74, 6) is -0.742. The number of hydrogen-bond donors (Lipinski definition) is 2. The summed E-state index contributed by atoms with van der Waals surface area (Å²) in [6, 6.07) is 4.74. The fourth-order valence-electron chi connectivity index (χ4n) is 1.62. The predicted octanol–water partition coefficient (Wildman–Crippen LogP) is 2.39. The maximum atomic E-state index is 11.7. The van der Waals surface area contributed by atoms with E-state index in [2.05, 4.69) is 10.6 Å². The summed E-state index contributed by atoms with van der Waals surface area (Å²) in [4.78, 5) is 25.4. The van der Waals surface area contributed by atoms with Gasteiger partial charge in [-0.1, -0.05) is 23.2 Å². The standard InChI is InChI=1S/C14H19Cl2N3O2/c1-19(2)7-3-6-17-13(20)9-14(21)18-12-8-10(15)4-5-11(12)16/h4-5,8H,3,6-7,9H2,1-2H3,(H,17,20)(H,18,21). The molecule has 0 saturated heterocycles. The zero-order valence-corrected chi connectivity index (χ0v) is 13.6. The third-order valence-corrected chi connectivity index (χ3v) is 3.19. The van der Waals surface area contributed by atoms with E-state index in [0.717, 1.165) is 13.0 Å². The van der Waals surface area contributed by atoms with Crippen molar-refractivity contribution in [3.05, 3.63) is 28.2 Å². The van der Waals surface area contributed by atoms with Crippen LogP contribution in [0.2, 0.25) is 10.0 Å². The van der Waals surface area contributed by atoms with Gasteiger partial charge in [-0.25, -0.2) is 0 Å². The molecule has 0 aliphatic heterocycles. The average molecular weight is 332 g/mol. The number of amides is 2. The van der Waals surface area contributed by atoms with Crippen LogP contribution in [0.5, 0.6) is 0 Å². The lowest BCUT2D eigenvalue weighted by atomic mass is 10.3. The van der Waals surface area contributed by atoms with Crippen LogP contribution in [0, 0.1) is 0 Å². The van der Waals surface area contributed by atoms with Gasteiger partial charge < -0.3 is 15.5 Å². The van der Waals surface area contributed by atoms with Gasteiger partial charge in [-0.15, -0.1) is 0 Å². The van der Waals surface area contributed by atoms with Gasteiger partial charge in [0.1, 0.15) is 6.42 Å². The second-order valence-electron chi connectivity index (χ2n) is 4.86. The first-order chi connectivity index (χ1) is 9.88. The summed E-state index contributed by atoms with van der Waals surface area (Å²) in [5.41, 5.74) is 0.398. The molecule has 0 radical (unpaired) electrons. The molecule has 21 heavy (non-hydrogen) atoms. The van der Waals surface area contributed by atoms with Crippen LogP contribution in [0.3, 0.4) is 0 Å². The third kappa shape index (κ3) is 7.32. The zero-order valence-electron chi connectivity index (χ0n) is 12.1. The van der Waals surface area contributed by atoms with Gasteiger partial charge in [0.15, 0.2) is 0 Å². The average Bonchev–Trinajstić information content (AvgIpc) is 2.38. The molecule has 1 aromatic carbocycles. The first-order valence-corrected chi connectivity index (χ1v) is 7.30. The van der Waals surface area contributed by atoms with Gasteiger partial charge in [-0.3, -0.25) is 9.59 Å². The number of carbonyl (C=O) groups is 2. The summed E-state index contributed by atoms with van der Waals surface area (Å²) >= 11 is 11.8. The highest BCUT2D eigenvalue weighted by atomic mass is 35.5. The molecule has 0 saturated carbocycles. The summed E-state index contributed by atoms with van der Waals surface area (Å²) in [6.45, 7) is 1.42. The van der Waals surface area contributed by atoms with Crippen molar-refractivity contribution in [3.63, 3.8) is 0 Å². The first-order valence-electron chi connectivity index (χ1n) is 6.55. The lowest BCUT2D eigenvalue weighted by Gasteiger charge is -2.10. The van der Waals surface area contributed by atoms with E-state index < -0.39 is 5.91 Å². The molecule has 1 rings (SSSR count).